The van der Waals surface area contributed by atoms with Crippen molar-refractivity contribution >= 4 is 5.69 Å². The molecule has 2 nitrogen and oxygen atoms in total. The number of hydrogen-bond donors (Lipinski definition) is 2. The Morgan fingerprint density at radius 3 is 2.20 bits per heavy atom. The van der Waals surface area contributed by atoms with Gasteiger partial charge >= 0.3 is 12.1 Å². The molecule has 0 saturated carbocycles. The molecular formula is C13H15F5N2. The molecular weight excluding hydrogens is 279 g/mol. The van der Waals surface area contributed by atoms with Crippen LogP contribution in [0.25, 0.3) is 0 Å². The van der Waals surface area contributed by atoms with Crippen LogP contribution >= 0.6 is 0 Å². The minimum Gasteiger partial charge on any atom is -0.398 e. The highest BCUT2D eigenvalue weighted by molar-refractivity contribution is 5.57. The Kier molecular flexibility index (Phi) is 3.90. The number of halogens is 5. The second-order valence-electron chi connectivity index (χ2n) is 4.90. The molecule has 0 bridgehead atoms. The van der Waals surface area contributed by atoms with E-state index in [1.54, 1.807) is 0 Å². The highest BCUT2D eigenvalue weighted by atomic mass is 19.4. The van der Waals surface area contributed by atoms with Gasteiger partial charge in [-0.2, -0.15) is 22.0 Å². The number of anilines is 1. The van der Waals surface area contributed by atoms with E-state index in [-0.39, 0.29) is 5.92 Å². The zero-order valence-corrected chi connectivity index (χ0v) is 10.6. The smallest absolute Gasteiger partial charge is 0.398 e. The summed E-state index contributed by atoms with van der Waals surface area (Å²) in [4.78, 5) is 0. The van der Waals surface area contributed by atoms with Crippen LogP contribution in [0, 0.1) is 0 Å². The van der Waals surface area contributed by atoms with Crippen LogP contribution < -0.4 is 11.1 Å². The van der Waals surface area contributed by atoms with Gasteiger partial charge in [-0.3, -0.25) is 0 Å². The minimum atomic E-state index is -5.64. The predicted molar refractivity (Wildman–Crippen MR) is 65.6 cm³/mol. The second-order valence-corrected chi connectivity index (χ2v) is 4.90. The van der Waals surface area contributed by atoms with Gasteiger partial charge in [0.25, 0.3) is 0 Å². The van der Waals surface area contributed by atoms with Crippen molar-refractivity contribution in [2.45, 2.75) is 30.9 Å². The Hall–Kier alpha value is -1.37. The summed E-state index contributed by atoms with van der Waals surface area (Å²) in [6.45, 7) is 1.40. The van der Waals surface area contributed by atoms with Gasteiger partial charge in [0, 0.05) is 5.69 Å². The Morgan fingerprint density at radius 1 is 1.05 bits per heavy atom. The summed E-state index contributed by atoms with van der Waals surface area (Å²) in [6, 6.07) is 3.48. The third-order valence-electron chi connectivity index (χ3n) is 3.61. The number of rotatable bonds is 2. The van der Waals surface area contributed by atoms with Crippen molar-refractivity contribution in [2.75, 3.05) is 18.8 Å². The lowest BCUT2D eigenvalue weighted by Crippen LogP contribution is -2.35. The molecule has 0 radical (unpaired) electrons. The van der Waals surface area contributed by atoms with Crippen molar-refractivity contribution in [3.05, 3.63) is 29.3 Å². The zero-order valence-electron chi connectivity index (χ0n) is 10.6. The first kappa shape index (κ1) is 15.0. The van der Waals surface area contributed by atoms with Gasteiger partial charge in [0.1, 0.15) is 0 Å². The van der Waals surface area contributed by atoms with Crippen molar-refractivity contribution in [3.8, 4) is 0 Å². The predicted octanol–water partition coefficient (Wildman–Crippen LogP) is 3.39. The molecule has 1 aliphatic heterocycles. The largest absolute Gasteiger partial charge is 0.458 e. The Bertz CT molecular complexity index is 478. The lowest BCUT2D eigenvalue weighted by atomic mass is 9.87. The van der Waals surface area contributed by atoms with Crippen LogP contribution in [0.4, 0.5) is 27.6 Å². The fraction of sp³-hybridized carbons (Fsp3) is 0.538. The number of hydrogen-bond acceptors (Lipinski definition) is 2. The molecule has 1 aromatic carbocycles. The molecule has 1 saturated heterocycles. The molecule has 7 heteroatoms. The summed E-state index contributed by atoms with van der Waals surface area (Å²) in [6.07, 6.45) is -4.30. The van der Waals surface area contributed by atoms with Crippen LogP contribution in [0.1, 0.15) is 29.9 Å². The van der Waals surface area contributed by atoms with Crippen molar-refractivity contribution in [1.82, 2.24) is 5.32 Å². The number of benzene rings is 1. The van der Waals surface area contributed by atoms with E-state index in [1.807, 2.05) is 0 Å². The van der Waals surface area contributed by atoms with Crippen molar-refractivity contribution in [3.63, 3.8) is 0 Å². The van der Waals surface area contributed by atoms with Gasteiger partial charge in [-0.05, 0) is 37.4 Å². The average Bonchev–Trinajstić information content (AvgIpc) is 2.38. The molecule has 0 amide bonds. The quantitative estimate of drug-likeness (QED) is 0.648. The Labute approximate surface area is 113 Å². The van der Waals surface area contributed by atoms with Crippen LogP contribution in [0.3, 0.4) is 0 Å². The molecule has 1 heterocycles. The second kappa shape index (κ2) is 5.20. The number of piperidine rings is 1. The summed E-state index contributed by atoms with van der Waals surface area (Å²) in [7, 11) is 0. The summed E-state index contributed by atoms with van der Waals surface area (Å²) >= 11 is 0. The van der Waals surface area contributed by atoms with E-state index in [0.717, 1.165) is 6.07 Å². The molecule has 3 N–H and O–H groups in total. The first-order valence-corrected chi connectivity index (χ1v) is 6.29. The van der Waals surface area contributed by atoms with E-state index < -0.39 is 23.3 Å². The third-order valence-corrected chi connectivity index (χ3v) is 3.61. The van der Waals surface area contributed by atoms with Gasteiger partial charge < -0.3 is 11.1 Å². The number of nitrogens with one attached hydrogen (secondary N) is 1. The number of alkyl halides is 5. The first-order valence-electron chi connectivity index (χ1n) is 6.29. The van der Waals surface area contributed by atoms with Crippen molar-refractivity contribution in [2.24, 2.45) is 0 Å². The van der Waals surface area contributed by atoms with E-state index in [0.29, 0.717) is 31.5 Å². The Morgan fingerprint density at radius 2 is 1.65 bits per heavy atom. The van der Waals surface area contributed by atoms with Gasteiger partial charge in [0.05, 0.1) is 5.56 Å². The highest BCUT2D eigenvalue weighted by Gasteiger charge is 2.59. The van der Waals surface area contributed by atoms with E-state index in [4.69, 9.17) is 5.73 Å². The maximum Gasteiger partial charge on any atom is 0.458 e. The zero-order chi connectivity index (χ0) is 15.0. The van der Waals surface area contributed by atoms with E-state index in [1.165, 1.54) is 12.1 Å². The molecule has 1 fully saturated rings. The molecule has 0 aliphatic carbocycles. The molecule has 112 valence electrons. The molecule has 1 aliphatic rings. The minimum absolute atomic E-state index is 0.0831. The lowest BCUT2D eigenvalue weighted by molar-refractivity contribution is -0.289. The molecule has 20 heavy (non-hydrogen) atoms. The van der Waals surface area contributed by atoms with Crippen molar-refractivity contribution in [1.29, 1.82) is 0 Å². The van der Waals surface area contributed by atoms with E-state index in [2.05, 4.69) is 5.32 Å². The monoisotopic (exact) mass is 294 g/mol. The SMILES string of the molecule is Nc1c(C2CCNCC2)cccc1C(F)(F)C(F)(F)F. The maximum absolute atomic E-state index is 13.5. The van der Waals surface area contributed by atoms with Gasteiger partial charge in [0.2, 0.25) is 0 Å². The first-order chi connectivity index (χ1) is 9.25. The standard InChI is InChI=1S/C13H15F5N2/c14-12(15,13(16,17)18)10-3-1-2-9(11(10)19)8-4-6-20-7-5-8/h1-3,8,20H,4-7,19H2. The van der Waals surface area contributed by atoms with Gasteiger partial charge in [0.15, 0.2) is 0 Å². The van der Waals surface area contributed by atoms with Crippen molar-refractivity contribution < 1.29 is 22.0 Å². The van der Waals surface area contributed by atoms with E-state index in [9.17, 15) is 22.0 Å². The van der Waals surface area contributed by atoms with Crippen LogP contribution in [0.15, 0.2) is 18.2 Å². The Balaban J connectivity index is 2.41. The maximum atomic E-state index is 13.5. The highest BCUT2D eigenvalue weighted by Crippen LogP contribution is 2.47. The summed E-state index contributed by atoms with van der Waals surface area (Å²) < 4.78 is 64.3. The van der Waals surface area contributed by atoms with Gasteiger partial charge in [-0.25, -0.2) is 0 Å². The number of nitrogens with two attached hydrogens (primary N) is 1. The van der Waals surface area contributed by atoms with Gasteiger partial charge in [-0.15, -0.1) is 0 Å². The molecule has 1 aromatic rings. The fourth-order valence-electron chi connectivity index (χ4n) is 2.50. The van der Waals surface area contributed by atoms with Crippen LogP contribution in [-0.4, -0.2) is 19.3 Å². The molecule has 0 unspecified atom stereocenters. The van der Waals surface area contributed by atoms with E-state index >= 15 is 0 Å². The van der Waals surface area contributed by atoms with Crippen LogP contribution in [0.2, 0.25) is 0 Å². The summed E-state index contributed by atoms with van der Waals surface area (Å²) in [5.74, 6) is -5.01. The van der Waals surface area contributed by atoms with Crippen LogP contribution in [-0.2, 0) is 5.92 Å². The van der Waals surface area contributed by atoms with Crippen LogP contribution in [0.5, 0.6) is 0 Å². The number of nitrogen functional groups attached to an aromatic ring is 1. The molecule has 0 aromatic heterocycles. The average molecular weight is 294 g/mol. The topological polar surface area (TPSA) is 38.0 Å². The third kappa shape index (κ3) is 2.59. The lowest BCUT2D eigenvalue weighted by Gasteiger charge is -2.27. The van der Waals surface area contributed by atoms with Gasteiger partial charge in [-0.1, -0.05) is 18.2 Å². The summed E-state index contributed by atoms with van der Waals surface area (Å²) in [5, 5.41) is 3.10. The fourth-order valence-corrected chi connectivity index (χ4v) is 2.50. The molecule has 0 spiro atoms. The number of para-hydroxylation sites is 1. The molecule has 0 atom stereocenters. The normalized spacial score (nSPS) is 18.2. The molecule has 2 rings (SSSR count). The summed E-state index contributed by atoms with van der Waals surface area (Å²) in [5.41, 5.74) is 4.38.